The van der Waals surface area contributed by atoms with E-state index in [9.17, 15) is 0 Å². The third-order valence-electron chi connectivity index (χ3n) is 4.05. The number of likely N-dealkylation sites (tertiary alicyclic amines) is 1. The number of aromatic nitrogens is 3. The molecule has 1 unspecified atom stereocenters. The van der Waals surface area contributed by atoms with Gasteiger partial charge in [0.25, 0.3) is 0 Å². The predicted octanol–water partition coefficient (Wildman–Crippen LogP) is 3.00. The van der Waals surface area contributed by atoms with Crippen molar-refractivity contribution in [2.45, 2.75) is 45.7 Å². The summed E-state index contributed by atoms with van der Waals surface area (Å²) < 4.78 is 2.33. The maximum Gasteiger partial charge on any atom is 0.160 e. The normalized spacial score (nSPS) is 20.4. The van der Waals surface area contributed by atoms with Crippen LogP contribution in [0.2, 0.25) is 0 Å². The lowest BCUT2D eigenvalue weighted by Gasteiger charge is -2.23. The number of rotatable bonds is 4. The molecule has 0 bridgehead atoms. The van der Waals surface area contributed by atoms with E-state index in [2.05, 4.69) is 34.4 Å². The van der Waals surface area contributed by atoms with Crippen LogP contribution in [0.4, 0.5) is 0 Å². The lowest BCUT2D eigenvalue weighted by molar-refractivity contribution is 0.257. The van der Waals surface area contributed by atoms with Crippen LogP contribution in [0.25, 0.3) is 11.2 Å². The van der Waals surface area contributed by atoms with Crippen molar-refractivity contribution in [1.82, 2.24) is 19.4 Å². The van der Waals surface area contributed by atoms with Crippen molar-refractivity contribution in [3.63, 3.8) is 0 Å². The van der Waals surface area contributed by atoms with Gasteiger partial charge in [0.15, 0.2) is 5.65 Å². The summed E-state index contributed by atoms with van der Waals surface area (Å²) in [5.74, 6) is 1.22. The molecule has 2 aromatic rings. The van der Waals surface area contributed by atoms with Crippen molar-refractivity contribution in [3.8, 4) is 0 Å². The molecule has 0 aromatic carbocycles. The third-order valence-corrected chi connectivity index (χ3v) is 4.05. The Kier molecular flexibility index (Phi) is 3.51. The predicted molar refractivity (Wildman–Crippen MR) is 77.0 cm³/mol. The van der Waals surface area contributed by atoms with E-state index < -0.39 is 0 Å². The Labute approximate surface area is 114 Å². The summed E-state index contributed by atoms with van der Waals surface area (Å²) >= 11 is 0. The number of hydrogen-bond donors (Lipinski definition) is 0. The fraction of sp³-hybridized carbons (Fsp3) is 0.600. The highest BCUT2D eigenvalue weighted by Gasteiger charge is 2.29. The molecule has 1 fully saturated rings. The molecule has 3 heterocycles. The van der Waals surface area contributed by atoms with E-state index in [1.54, 1.807) is 0 Å². The van der Waals surface area contributed by atoms with Gasteiger partial charge in [-0.15, -0.1) is 0 Å². The van der Waals surface area contributed by atoms with Gasteiger partial charge in [0.05, 0.1) is 6.04 Å². The second kappa shape index (κ2) is 5.29. The molecule has 4 heteroatoms. The van der Waals surface area contributed by atoms with Crippen LogP contribution in [0.1, 0.15) is 45.0 Å². The molecule has 19 heavy (non-hydrogen) atoms. The van der Waals surface area contributed by atoms with Crippen molar-refractivity contribution in [2.75, 3.05) is 13.1 Å². The van der Waals surface area contributed by atoms with Crippen LogP contribution in [-0.4, -0.2) is 32.5 Å². The summed E-state index contributed by atoms with van der Waals surface area (Å²) in [4.78, 5) is 11.9. The standard InChI is InChI=1S/C15H22N4/c1-3-10-19-14-12(7-5-9-16-14)17-15(19)13-8-6-11-18(13)4-2/h5,7,9,13H,3-4,6,8,10-11H2,1-2H3. The van der Waals surface area contributed by atoms with E-state index in [4.69, 9.17) is 4.98 Å². The number of hydrogen-bond acceptors (Lipinski definition) is 3. The van der Waals surface area contributed by atoms with Gasteiger partial charge in [-0.3, -0.25) is 4.90 Å². The molecule has 4 nitrogen and oxygen atoms in total. The van der Waals surface area contributed by atoms with E-state index in [0.29, 0.717) is 6.04 Å². The first kappa shape index (κ1) is 12.6. The Morgan fingerprint density at radius 2 is 2.26 bits per heavy atom. The first-order valence-corrected chi connectivity index (χ1v) is 7.40. The van der Waals surface area contributed by atoms with E-state index in [1.807, 2.05) is 12.3 Å². The third kappa shape index (κ3) is 2.14. The van der Waals surface area contributed by atoms with Gasteiger partial charge in [-0.25, -0.2) is 9.97 Å². The molecule has 102 valence electrons. The highest BCUT2D eigenvalue weighted by Crippen LogP contribution is 2.32. The molecule has 0 aliphatic carbocycles. The molecular weight excluding hydrogens is 236 g/mol. The van der Waals surface area contributed by atoms with Gasteiger partial charge in [-0.1, -0.05) is 13.8 Å². The van der Waals surface area contributed by atoms with Gasteiger partial charge >= 0.3 is 0 Å². The Morgan fingerprint density at radius 1 is 1.37 bits per heavy atom. The Bertz CT molecular complexity index is 560. The van der Waals surface area contributed by atoms with Gasteiger partial charge in [0.2, 0.25) is 0 Å². The Morgan fingerprint density at radius 3 is 3.05 bits per heavy atom. The minimum atomic E-state index is 0.478. The molecule has 1 aliphatic heterocycles. The monoisotopic (exact) mass is 258 g/mol. The van der Waals surface area contributed by atoms with Crippen LogP contribution in [0, 0.1) is 0 Å². The molecule has 1 atom stereocenters. The summed E-state index contributed by atoms with van der Waals surface area (Å²) in [5, 5.41) is 0. The molecule has 0 amide bonds. The SMILES string of the molecule is CCCn1c(C2CCCN2CC)nc2cccnc21. The fourth-order valence-electron chi connectivity index (χ4n) is 3.17. The number of imidazole rings is 1. The number of pyridine rings is 1. The van der Waals surface area contributed by atoms with E-state index in [1.165, 1.54) is 25.2 Å². The smallest absolute Gasteiger partial charge is 0.160 e. The van der Waals surface area contributed by atoms with Crippen LogP contribution in [0.5, 0.6) is 0 Å². The summed E-state index contributed by atoms with van der Waals surface area (Å²) in [6.45, 7) is 7.77. The van der Waals surface area contributed by atoms with Crippen LogP contribution in [0.15, 0.2) is 18.3 Å². The van der Waals surface area contributed by atoms with Gasteiger partial charge < -0.3 is 4.57 Å². The highest BCUT2D eigenvalue weighted by atomic mass is 15.2. The van der Waals surface area contributed by atoms with Gasteiger partial charge in [0, 0.05) is 12.7 Å². The minimum Gasteiger partial charge on any atom is -0.311 e. The van der Waals surface area contributed by atoms with Gasteiger partial charge in [-0.05, 0) is 44.5 Å². The van der Waals surface area contributed by atoms with Crippen LogP contribution >= 0.6 is 0 Å². The fourth-order valence-corrected chi connectivity index (χ4v) is 3.17. The number of aryl methyl sites for hydroxylation is 1. The number of fused-ring (bicyclic) bond motifs is 1. The Balaban J connectivity index is 2.08. The maximum atomic E-state index is 4.87. The first-order valence-electron chi connectivity index (χ1n) is 7.40. The molecule has 1 saturated heterocycles. The van der Waals surface area contributed by atoms with Crippen molar-refractivity contribution in [3.05, 3.63) is 24.2 Å². The zero-order valence-electron chi connectivity index (χ0n) is 11.8. The summed E-state index contributed by atoms with van der Waals surface area (Å²) in [6.07, 6.45) is 5.49. The molecule has 3 rings (SSSR count). The van der Waals surface area contributed by atoms with E-state index in [0.717, 1.165) is 30.7 Å². The molecule has 0 saturated carbocycles. The van der Waals surface area contributed by atoms with Crippen LogP contribution in [-0.2, 0) is 6.54 Å². The summed E-state index contributed by atoms with van der Waals surface area (Å²) in [5.41, 5.74) is 2.08. The summed E-state index contributed by atoms with van der Waals surface area (Å²) in [7, 11) is 0. The van der Waals surface area contributed by atoms with Crippen molar-refractivity contribution in [2.24, 2.45) is 0 Å². The van der Waals surface area contributed by atoms with Crippen LogP contribution in [0.3, 0.4) is 0 Å². The van der Waals surface area contributed by atoms with E-state index in [-0.39, 0.29) is 0 Å². The molecule has 0 radical (unpaired) electrons. The first-order chi connectivity index (χ1) is 9.35. The average Bonchev–Trinajstić information content (AvgIpc) is 3.03. The molecule has 1 aliphatic rings. The molecule has 0 N–H and O–H groups in total. The number of nitrogens with zero attached hydrogens (tertiary/aromatic N) is 4. The van der Waals surface area contributed by atoms with E-state index >= 15 is 0 Å². The zero-order valence-corrected chi connectivity index (χ0v) is 11.8. The average molecular weight is 258 g/mol. The van der Waals surface area contributed by atoms with Crippen molar-refractivity contribution in [1.29, 1.82) is 0 Å². The summed E-state index contributed by atoms with van der Waals surface area (Å²) in [6, 6.07) is 4.52. The highest BCUT2D eigenvalue weighted by molar-refractivity contribution is 5.71. The van der Waals surface area contributed by atoms with Gasteiger partial charge in [0.1, 0.15) is 11.3 Å². The van der Waals surface area contributed by atoms with Crippen LogP contribution < -0.4 is 0 Å². The second-order valence-corrected chi connectivity index (χ2v) is 5.25. The second-order valence-electron chi connectivity index (χ2n) is 5.25. The van der Waals surface area contributed by atoms with Crippen molar-refractivity contribution < 1.29 is 0 Å². The molecular formula is C15H22N4. The quantitative estimate of drug-likeness (QED) is 0.845. The van der Waals surface area contributed by atoms with Gasteiger partial charge in [-0.2, -0.15) is 0 Å². The molecule has 0 spiro atoms. The molecule has 2 aromatic heterocycles. The minimum absolute atomic E-state index is 0.478. The largest absolute Gasteiger partial charge is 0.311 e. The maximum absolute atomic E-state index is 4.87. The topological polar surface area (TPSA) is 34.0 Å². The van der Waals surface area contributed by atoms with Crippen molar-refractivity contribution >= 4 is 11.2 Å². The zero-order chi connectivity index (χ0) is 13.2. The lowest BCUT2D eigenvalue weighted by Crippen LogP contribution is -2.25. The Hall–Kier alpha value is -1.42. The lowest BCUT2D eigenvalue weighted by atomic mass is 10.2.